The lowest BCUT2D eigenvalue weighted by Crippen LogP contribution is -2.36. The minimum absolute atomic E-state index is 0.107. The Hall–Kier alpha value is 0.995. The van der Waals surface area contributed by atoms with Crippen molar-refractivity contribution in [3.8, 4) is 0 Å². The van der Waals surface area contributed by atoms with Gasteiger partial charge in [0.25, 0.3) is 0 Å². The predicted molar refractivity (Wildman–Crippen MR) is 106 cm³/mol. The largest absolute Gasteiger partial charge is 0.641 e. The fourth-order valence-electron chi connectivity index (χ4n) is 1.57. The van der Waals surface area contributed by atoms with Gasteiger partial charge in [0, 0.05) is 0 Å². The molecule has 0 heterocycles. The van der Waals surface area contributed by atoms with Gasteiger partial charge in [-0.1, -0.05) is 34.6 Å². The van der Waals surface area contributed by atoms with Crippen LogP contribution in [0.15, 0.2) is 0 Å². The maximum Gasteiger partial charge on any atom is 0.641 e. The van der Waals surface area contributed by atoms with Crippen LogP contribution in [-0.2, 0) is 14.0 Å². The van der Waals surface area contributed by atoms with E-state index in [1.54, 1.807) is 0 Å². The molecule has 0 fully saturated rings. The summed E-state index contributed by atoms with van der Waals surface area (Å²) in [6.45, 7) is 10.7. The molecule has 7 heteroatoms. The molecular formula is C15H33BO3S3. The molecule has 22 heavy (non-hydrogen) atoms. The van der Waals surface area contributed by atoms with Gasteiger partial charge in [0.1, 0.15) is 0 Å². The van der Waals surface area contributed by atoms with Crippen molar-refractivity contribution in [3.05, 3.63) is 0 Å². The van der Waals surface area contributed by atoms with Gasteiger partial charge in [-0.3, -0.25) is 0 Å². The van der Waals surface area contributed by atoms with Crippen molar-refractivity contribution in [2.75, 3.05) is 11.5 Å². The molecule has 0 spiro atoms. The third-order valence-corrected chi connectivity index (χ3v) is 6.23. The van der Waals surface area contributed by atoms with Crippen LogP contribution in [0.4, 0.5) is 0 Å². The first-order valence-corrected chi connectivity index (χ1v) is 11.1. The summed E-state index contributed by atoms with van der Waals surface area (Å²) in [5.74, 6) is 2.18. The molecule has 132 valence electrons. The van der Waals surface area contributed by atoms with Crippen molar-refractivity contribution < 1.29 is 14.0 Å². The molecule has 0 radical (unpaired) electrons. The number of hydrogen-bond acceptors (Lipinski definition) is 6. The van der Waals surface area contributed by atoms with Crippen molar-refractivity contribution >= 4 is 43.5 Å². The zero-order chi connectivity index (χ0) is 16.8. The molecule has 0 aliphatic carbocycles. The molecule has 0 saturated heterocycles. The highest BCUT2D eigenvalue weighted by Crippen LogP contribution is 2.23. The smallest absolute Gasteiger partial charge is 0.374 e. The Morgan fingerprint density at radius 2 is 1.23 bits per heavy atom. The number of thiol groups is 1. The molecule has 0 aliphatic heterocycles. The molecule has 3 nitrogen and oxygen atoms in total. The van der Waals surface area contributed by atoms with Crippen LogP contribution in [0, 0.1) is 0 Å². The van der Waals surface area contributed by atoms with Gasteiger partial charge in [-0.2, -0.15) is 0 Å². The van der Waals surface area contributed by atoms with Gasteiger partial charge in [0.15, 0.2) is 0 Å². The average molecular weight is 368 g/mol. The summed E-state index contributed by atoms with van der Waals surface area (Å²) < 4.78 is 17.9. The second-order valence-corrected chi connectivity index (χ2v) is 8.09. The fraction of sp³-hybridized carbons (Fsp3) is 1.00. The Balaban J connectivity index is 4.56. The number of thioether (sulfide) groups is 2. The molecule has 0 N–H and O–H groups in total. The van der Waals surface area contributed by atoms with Gasteiger partial charge in [0.2, 0.25) is 0 Å². The third-order valence-electron chi connectivity index (χ3n) is 2.83. The summed E-state index contributed by atoms with van der Waals surface area (Å²) in [5.41, 5.74) is 0.0550. The first kappa shape index (κ1) is 23.0. The Morgan fingerprint density at radius 3 is 1.55 bits per heavy atom. The van der Waals surface area contributed by atoms with E-state index in [1.165, 1.54) is 0 Å². The number of hydrogen-bond donors (Lipinski definition) is 1. The van der Waals surface area contributed by atoms with Gasteiger partial charge in [-0.05, 0) is 43.6 Å². The number of rotatable bonds is 15. The Kier molecular flexibility index (Phi) is 16.2. The van der Waals surface area contributed by atoms with Crippen LogP contribution in [-0.4, -0.2) is 35.1 Å². The molecule has 0 aromatic heterocycles. The molecule has 0 saturated carbocycles. The SMILES string of the molecule is CCCSC(CC)OB(OC(S)CC)OC(CC)SCCC. The van der Waals surface area contributed by atoms with Crippen molar-refractivity contribution in [2.24, 2.45) is 0 Å². The van der Waals surface area contributed by atoms with E-state index in [4.69, 9.17) is 14.0 Å². The third kappa shape index (κ3) is 11.5. The highest BCUT2D eigenvalue weighted by atomic mass is 32.2. The summed E-state index contributed by atoms with van der Waals surface area (Å²) in [6, 6.07) is 0. The van der Waals surface area contributed by atoms with Crippen LogP contribution >= 0.6 is 36.2 Å². The van der Waals surface area contributed by atoms with Crippen LogP contribution in [0.5, 0.6) is 0 Å². The molecule has 0 bridgehead atoms. The molecule has 0 aromatic carbocycles. The first-order valence-electron chi connectivity index (χ1n) is 8.48. The Labute approximate surface area is 152 Å². The molecule has 3 atom stereocenters. The minimum atomic E-state index is -0.633. The molecule has 0 aliphatic rings. The second-order valence-electron chi connectivity index (χ2n) is 4.98. The van der Waals surface area contributed by atoms with Gasteiger partial charge in [0.05, 0.1) is 16.3 Å². The lowest BCUT2D eigenvalue weighted by Gasteiger charge is -2.25. The molecule has 0 rings (SSSR count). The average Bonchev–Trinajstić information content (AvgIpc) is 2.54. The van der Waals surface area contributed by atoms with E-state index >= 15 is 0 Å². The monoisotopic (exact) mass is 368 g/mol. The summed E-state index contributed by atoms with van der Waals surface area (Å²) >= 11 is 8.06. The Morgan fingerprint density at radius 1 is 0.773 bits per heavy atom. The summed E-state index contributed by atoms with van der Waals surface area (Å²) in [4.78, 5) is 0. The lowest BCUT2D eigenvalue weighted by molar-refractivity contribution is 0.0671. The molecule has 0 aromatic rings. The lowest BCUT2D eigenvalue weighted by atomic mass is 10.2. The van der Waals surface area contributed by atoms with Crippen molar-refractivity contribution in [1.82, 2.24) is 0 Å². The highest BCUT2D eigenvalue weighted by molar-refractivity contribution is 8.00. The summed E-state index contributed by atoms with van der Waals surface area (Å²) in [5, 5.41) is 0. The topological polar surface area (TPSA) is 27.7 Å². The van der Waals surface area contributed by atoms with Crippen LogP contribution in [0.25, 0.3) is 0 Å². The van der Waals surface area contributed by atoms with E-state index in [0.717, 1.165) is 43.6 Å². The van der Waals surface area contributed by atoms with Crippen LogP contribution in [0.3, 0.4) is 0 Å². The predicted octanol–water partition coefficient (Wildman–Crippen LogP) is 5.45. The van der Waals surface area contributed by atoms with Crippen LogP contribution in [0.1, 0.15) is 66.7 Å². The van der Waals surface area contributed by atoms with Gasteiger partial charge < -0.3 is 14.0 Å². The van der Waals surface area contributed by atoms with E-state index in [2.05, 4.69) is 40.3 Å². The van der Waals surface area contributed by atoms with Crippen molar-refractivity contribution in [1.29, 1.82) is 0 Å². The highest BCUT2D eigenvalue weighted by Gasteiger charge is 2.30. The summed E-state index contributed by atoms with van der Waals surface area (Å²) in [7, 11) is -0.633. The minimum Gasteiger partial charge on any atom is -0.374 e. The normalized spacial score (nSPS) is 15.5. The standard InChI is InChI=1S/C15H33BO3S3/c1-6-11-21-14(9-4)18-16(17-13(20)8-3)19-15(10-5)22-12-7-2/h13-15,20H,6-12H2,1-5H3. The van der Waals surface area contributed by atoms with Crippen molar-refractivity contribution in [2.45, 2.75) is 83.0 Å². The van der Waals surface area contributed by atoms with E-state index in [1.807, 2.05) is 30.4 Å². The maximum atomic E-state index is 6.04. The van der Waals surface area contributed by atoms with Gasteiger partial charge >= 0.3 is 7.32 Å². The van der Waals surface area contributed by atoms with E-state index in [0.29, 0.717) is 0 Å². The van der Waals surface area contributed by atoms with Crippen molar-refractivity contribution in [3.63, 3.8) is 0 Å². The van der Waals surface area contributed by atoms with E-state index < -0.39 is 7.32 Å². The zero-order valence-corrected chi connectivity index (χ0v) is 17.3. The molecule has 0 amide bonds. The molecular weight excluding hydrogens is 335 g/mol. The van der Waals surface area contributed by atoms with Crippen LogP contribution < -0.4 is 0 Å². The van der Waals surface area contributed by atoms with E-state index in [9.17, 15) is 0 Å². The molecule has 3 unspecified atom stereocenters. The second kappa shape index (κ2) is 15.5. The quantitative estimate of drug-likeness (QED) is 0.236. The van der Waals surface area contributed by atoms with Gasteiger partial charge in [-0.25, -0.2) is 0 Å². The first-order chi connectivity index (χ1) is 10.6. The zero-order valence-electron chi connectivity index (χ0n) is 14.7. The maximum absolute atomic E-state index is 6.04. The summed E-state index contributed by atoms with van der Waals surface area (Å²) in [6.07, 6.45) is 4.99. The Bertz CT molecular complexity index is 232. The fourth-order valence-corrected chi connectivity index (χ4v) is 3.48. The van der Waals surface area contributed by atoms with Crippen LogP contribution in [0.2, 0.25) is 0 Å². The van der Waals surface area contributed by atoms with E-state index in [-0.39, 0.29) is 16.3 Å². The van der Waals surface area contributed by atoms with Gasteiger partial charge in [-0.15, -0.1) is 36.2 Å².